The van der Waals surface area contributed by atoms with Crippen molar-refractivity contribution in [1.29, 1.82) is 0 Å². The van der Waals surface area contributed by atoms with Gasteiger partial charge in [-0.2, -0.15) is 4.72 Å². The molecule has 0 aliphatic heterocycles. The van der Waals surface area contributed by atoms with Crippen LogP contribution in [0.2, 0.25) is 0 Å². The van der Waals surface area contributed by atoms with Gasteiger partial charge in [0.25, 0.3) is 0 Å². The first-order valence-electron chi connectivity index (χ1n) is 7.83. The monoisotopic (exact) mass is 331 g/mol. The van der Waals surface area contributed by atoms with Gasteiger partial charge in [-0.05, 0) is 42.7 Å². The number of hydrogen-bond acceptors (Lipinski definition) is 3. The fourth-order valence-electron chi connectivity index (χ4n) is 3.00. The summed E-state index contributed by atoms with van der Waals surface area (Å²) < 4.78 is 28.3. The van der Waals surface area contributed by atoms with Gasteiger partial charge >= 0.3 is 0 Å². The first-order chi connectivity index (χ1) is 10.8. The van der Waals surface area contributed by atoms with Crippen LogP contribution < -0.4 is 4.72 Å². The molecule has 0 amide bonds. The smallest absolute Gasteiger partial charge is 0.242 e. The third-order valence-electron chi connectivity index (χ3n) is 4.58. The zero-order valence-electron chi connectivity index (χ0n) is 13.6. The van der Waals surface area contributed by atoms with E-state index in [1.54, 1.807) is 6.07 Å². The fraction of sp³-hybridized carbons (Fsp3) is 0.389. The summed E-state index contributed by atoms with van der Waals surface area (Å²) in [6.45, 7) is 5.61. The minimum absolute atomic E-state index is 0.121. The largest absolute Gasteiger partial charge is 0.298 e. The molecule has 0 spiro atoms. The summed E-state index contributed by atoms with van der Waals surface area (Å²) >= 11 is 0. The third kappa shape index (κ3) is 2.79. The van der Waals surface area contributed by atoms with E-state index in [9.17, 15) is 13.2 Å². The molecule has 5 heteroatoms. The summed E-state index contributed by atoms with van der Waals surface area (Å²) in [5, 5.41) is 1.64. The van der Waals surface area contributed by atoms with Crippen LogP contribution in [0.4, 0.5) is 0 Å². The molecule has 23 heavy (non-hydrogen) atoms. The number of carbonyl (C=O) groups excluding carboxylic acids is 1. The van der Waals surface area contributed by atoms with E-state index in [1.165, 1.54) is 6.92 Å². The van der Waals surface area contributed by atoms with Crippen LogP contribution in [0.3, 0.4) is 0 Å². The Labute approximate surface area is 136 Å². The predicted octanol–water partition coefficient (Wildman–Crippen LogP) is 3.36. The van der Waals surface area contributed by atoms with Gasteiger partial charge < -0.3 is 0 Å². The highest BCUT2D eigenvalue weighted by Gasteiger charge is 2.50. The third-order valence-corrected chi connectivity index (χ3v) is 6.18. The van der Waals surface area contributed by atoms with Crippen molar-refractivity contribution in [1.82, 2.24) is 4.72 Å². The number of benzene rings is 2. The van der Waals surface area contributed by atoms with E-state index < -0.39 is 15.6 Å². The maximum absolute atomic E-state index is 12.8. The molecule has 0 atom stereocenters. The number of fused-ring (bicyclic) bond motifs is 1. The van der Waals surface area contributed by atoms with Gasteiger partial charge in [0.05, 0.1) is 10.4 Å². The molecule has 3 rings (SSSR count). The van der Waals surface area contributed by atoms with Crippen LogP contribution in [0.1, 0.15) is 45.1 Å². The number of Topliss-reactive ketones (excluding diaryl/α,β-unsaturated/α-hetero) is 1. The van der Waals surface area contributed by atoms with Crippen LogP contribution in [-0.2, 0) is 14.8 Å². The Hall–Kier alpha value is -1.72. The summed E-state index contributed by atoms with van der Waals surface area (Å²) in [5.41, 5.74) is 0.226. The van der Waals surface area contributed by atoms with E-state index in [1.807, 2.05) is 30.3 Å². The van der Waals surface area contributed by atoms with E-state index in [-0.39, 0.29) is 10.7 Å². The Morgan fingerprint density at radius 1 is 1.09 bits per heavy atom. The van der Waals surface area contributed by atoms with Gasteiger partial charge in [0.15, 0.2) is 5.78 Å². The lowest BCUT2D eigenvalue weighted by Crippen LogP contribution is -2.41. The molecule has 2 aromatic carbocycles. The average molecular weight is 331 g/mol. The molecular formula is C18H21NO3S. The van der Waals surface area contributed by atoms with Gasteiger partial charge in [0, 0.05) is 5.39 Å². The first kappa shape index (κ1) is 16.1. The highest BCUT2D eigenvalue weighted by atomic mass is 32.2. The number of rotatable bonds is 5. The second-order valence-electron chi connectivity index (χ2n) is 6.60. The summed E-state index contributed by atoms with van der Waals surface area (Å²) in [7, 11) is -3.74. The molecule has 1 N–H and O–H groups in total. The fourth-order valence-corrected chi connectivity index (χ4v) is 4.68. The van der Waals surface area contributed by atoms with Crippen molar-refractivity contribution >= 4 is 26.6 Å². The van der Waals surface area contributed by atoms with Gasteiger partial charge in [0.2, 0.25) is 10.0 Å². The Bertz CT molecular complexity index is 880. The molecule has 4 nitrogen and oxygen atoms in total. The number of ketones is 1. The minimum Gasteiger partial charge on any atom is -0.298 e. The van der Waals surface area contributed by atoms with Crippen molar-refractivity contribution in [3.8, 4) is 0 Å². The lowest BCUT2D eigenvalue weighted by molar-refractivity contribution is -0.119. The van der Waals surface area contributed by atoms with Crippen molar-refractivity contribution in [2.75, 3.05) is 0 Å². The van der Waals surface area contributed by atoms with E-state index in [0.717, 1.165) is 10.9 Å². The maximum Gasteiger partial charge on any atom is 0.242 e. The summed E-state index contributed by atoms with van der Waals surface area (Å²) in [6, 6.07) is 11.0. The van der Waals surface area contributed by atoms with E-state index in [2.05, 4.69) is 18.6 Å². The first-order valence-corrected chi connectivity index (χ1v) is 9.32. The second kappa shape index (κ2) is 5.42. The van der Waals surface area contributed by atoms with Crippen molar-refractivity contribution in [3.63, 3.8) is 0 Å². The Kier molecular flexibility index (Phi) is 3.81. The Morgan fingerprint density at radius 3 is 2.22 bits per heavy atom. The Balaban J connectivity index is 2.14. The zero-order chi connectivity index (χ0) is 16.8. The molecule has 122 valence electrons. The predicted molar refractivity (Wildman–Crippen MR) is 91.0 cm³/mol. The van der Waals surface area contributed by atoms with Gasteiger partial charge in [-0.25, -0.2) is 8.42 Å². The topological polar surface area (TPSA) is 63.2 Å². The molecule has 1 saturated carbocycles. The highest BCUT2D eigenvalue weighted by molar-refractivity contribution is 7.89. The van der Waals surface area contributed by atoms with Gasteiger partial charge in [-0.3, -0.25) is 4.79 Å². The average Bonchev–Trinajstić information content (AvgIpc) is 3.26. The SMILES string of the molecule is CC(=O)C1(NS(=O)(=O)c2ccc(C(C)C)c3ccccc23)CC1. The molecule has 0 radical (unpaired) electrons. The van der Waals surface area contributed by atoms with Crippen molar-refractivity contribution in [2.24, 2.45) is 0 Å². The minimum atomic E-state index is -3.74. The van der Waals surface area contributed by atoms with Crippen LogP contribution in [0.5, 0.6) is 0 Å². The van der Waals surface area contributed by atoms with Crippen LogP contribution in [0.25, 0.3) is 10.8 Å². The quantitative estimate of drug-likeness (QED) is 0.914. The molecule has 1 fully saturated rings. The standard InChI is InChI=1S/C18H21NO3S/c1-12(2)14-8-9-17(16-7-5-4-6-15(14)16)23(21,22)19-18(10-11-18)13(3)20/h4-9,12,19H,10-11H2,1-3H3. The Morgan fingerprint density at radius 2 is 1.70 bits per heavy atom. The summed E-state index contributed by atoms with van der Waals surface area (Å²) in [6.07, 6.45) is 1.15. The molecule has 0 bridgehead atoms. The molecular weight excluding hydrogens is 310 g/mol. The molecule has 0 aromatic heterocycles. The number of carbonyl (C=O) groups is 1. The lowest BCUT2D eigenvalue weighted by atomic mass is 9.96. The van der Waals surface area contributed by atoms with Crippen LogP contribution in [0.15, 0.2) is 41.3 Å². The normalized spacial score (nSPS) is 16.7. The zero-order valence-corrected chi connectivity index (χ0v) is 14.4. The molecule has 0 heterocycles. The summed E-state index contributed by atoms with van der Waals surface area (Å²) in [4.78, 5) is 12.0. The number of sulfonamides is 1. The van der Waals surface area contributed by atoms with Crippen LogP contribution in [0, 0.1) is 0 Å². The number of hydrogen-bond donors (Lipinski definition) is 1. The number of nitrogens with one attached hydrogen (secondary N) is 1. The van der Waals surface area contributed by atoms with Crippen molar-refractivity contribution in [3.05, 3.63) is 42.0 Å². The van der Waals surface area contributed by atoms with E-state index in [0.29, 0.717) is 24.1 Å². The maximum atomic E-state index is 12.8. The highest BCUT2D eigenvalue weighted by Crippen LogP contribution is 2.39. The molecule has 2 aromatic rings. The molecule has 1 aliphatic rings. The lowest BCUT2D eigenvalue weighted by Gasteiger charge is -2.17. The van der Waals surface area contributed by atoms with Crippen LogP contribution in [-0.4, -0.2) is 19.7 Å². The van der Waals surface area contributed by atoms with Crippen molar-refractivity contribution < 1.29 is 13.2 Å². The van der Waals surface area contributed by atoms with E-state index >= 15 is 0 Å². The van der Waals surface area contributed by atoms with Gasteiger partial charge in [0.1, 0.15) is 0 Å². The molecule has 1 aliphatic carbocycles. The van der Waals surface area contributed by atoms with Crippen LogP contribution >= 0.6 is 0 Å². The van der Waals surface area contributed by atoms with Gasteiger partial charge in [-0.1, -0.05) is 44.2 Å². The van der Waals surface area contributed by atoms with Gasteiger partial charge in [-0.15, -0.1) is 0 Å². The van der Waals surface area contributed by atoms with Crippen molar-refractivity contribution in [2.45, 2.75) is 50.0 Å². The molecule has 0 unspecified atom stereocenters. The summed E-state index contributed by atoms with van der Waals surface area (Å²) in [5.74, 6) is 0.181. The second-order valence-corrected chi connectivity index (χ2v) is 8.25. The molecule has 0 saturated heterocycles. The van der Waals surface area contributed by atoms with E-state index in [4.69, 9.17) is 0 Å².